The van der Waals surface area contributed by atoms with Gasteiger partial charge in [-0.3, -0.25) is 14.8 Å². The van der Waals surface area contributed by atoms with Gasteiger partial charge in [0.1, 0.15) is 11.5 Å². The number of alkyl halides is 3. The van der Waals surface area contributed by atoms with Crippen LogP contribution in [0, 0.1) is 12.8 Å². The van der Waals surface area contributed by atoms with Gasteiger partial charge in [-0.1, -0.05) is 6.07 Å². The molecule has 3 aromatic heterocycles. The zero-order chi connectivity index (χ0) is 23.2. The lowest BCUT2D eigenvalue weighted by atomic mass is 10.0. The molecule has 2 aliphatic rings. The van der Waals surface area contributed by atoms with Crippen molar-refractivity contribution in [3.63, 3.8) is 0 Å². The Hall–Kier alpha value is -3.56. The highest BCUT2D eigenvalue weighted by atomic mass is 19.4. The van der Waals surface area contributed by atoms with Crippen LogP contribution in [-0.2, 0) is 6.18 Å². The number of carbonyl (C=O) groups is 1. The van der Waals surface area contributed by atoms with Gasteiger partial charge < -0.3 is 10.2 Å². The molecular formula is C23H21F3N6O. The minimum absolute atomic E-state index is 0.0931. The van der Waals surface area contributed by atoms with E-state index in [-0.39, 0.29) is 23.8 Å². The summed E-state index contributed by atoms with van der Waals surface area (Å²) in [6, 6.07) is 8.86. The quantitative estimate of drug-likeness (QED) is 0.642. The van der Waals surface area contributed by atoms with E-state index >= 15 is 0 Å². The summed E-state index contributed by atoms with van der Waals surface area (Å²) in [5.41, 5.74) is 1.41. The van der Waals surface area contributed by atoms with Crippen LogP contribution in [0.2, 0.25) is 0 Å². The summed E-state index contributed by atoms with van der Waals surface area (Å²) in [6.07, 6.45) is 0.580. The number of likely N-dealkylation sites (tertiary alicyclic amines) is 1. The van der Waals surface area contributed by atoms with Gasteiger partial charge in [0.05, 0.1) is 29.7 Å². The number of halogens is 3. The van der Waals surface area contributed by atoms with E-state index in [1.807, 2.05) is 30.0 Å². The topological polar surface area (TPSA) is 83.9 Å². The van der Waals surface area contributed by atoms with Crippen molar-refractivity contribution < 1.29 is 18.0 Å². The molecule has 1 saturated heterocycles. The van der Waals surface area contributed by atoms with Crippen LogP contribution in [0.5, 0.6) is 0 Å². The van der Waals surface area contributed by atoms with Crippen LogP contribution >= 0.6 is 0 Å². The molecule has 3 aromatic rings. The average molecular weight is 454 g/mol. The number of aromatic nitrogens is 4. The fourth-order valence-electron chi connectivity index (χ4n) is 4.73. The number of fused-ring (bicyclic) bond motifs is 2. The van der Waals surface area contributed by atoms with E-state index in [4.69, 9.17) is 0 Å². The maximum atomic E-state index is 13.6. The number of pyridine rings is 2. The second-order valence-corrected chi connectivity index (χ2v) is 8.46. The molecule has 33 heavy (non-hydrogen) atoms. The molecule has 1 saturated carbocycles. The van der Waals surface area contributed by atoms with E-state index in [0.29, 0.717) is 29.4 Å². The summed E-state index contributed by atoms with van der Waals surface area (Å²) in [7, 11) is 0. The standard InChI is InChI=1S/C23H21F3N6O/c1-13-5-6-15(21(30-13)16-4-2-3-7-27-16)22(33)32-12-14-8-17(18(32)9-14)31-20-11-28-19(10-29-20)23(24,25)26/h2-7,10-11,14,17-18H,8-9,12H2,1H3,(H,29,31). The molecular weight excluding hydrogens is 433 g/mol. The molecule has 0 aromatic carbocycles. The lowest BCUT2D eigenvalue weighted by Crippen LogP contribution is -2.48. The van der Waals surface area contributed by atoms with Crippen LogP contribution < -0.4 is 5.32 Å². The molecule has 170 valence electrons. The van der Waals surface area contributed by atoms with Gasteiger partial charge in [0, 0.05) is 24.5 Å². The molecule has 0 radical (unpaired) electrons. The maximum absolute atomic E-state index is 13.6. The van der Waals surface area contributed by atoms with Crippen molar-refractivity contribution in [2.75, 3.05) is 11.9 Å². The van der Waals surface area contributed by atoms with Crippen molar-refractivity contribution in [3.05, 3.63) is 65.9 Å². The summed E-state index contributed by atoms with van der Waals surface area (Å²) >= 11 is 0. The lowest BCUT2D eigenvalue weighted by molar-refractivity contribution is -0.141. The third-order valence-corrected chi connectivity index (χ3v) is 6.19. The van der Waals surface area contributed by atoms with Crippen molar-refractivity contribution in [1.29, 1.82) is 0 Å². The SMILES string of the molecule is Cc1ccc(C(=O)N2CC3CC(Nc4cnc(C(F)(F)F)cn4)C2C3)c(-c2ccccn2)n1. The van der Waals surface area contributed by atoms with Crippen LogP contribution in [0.1, 0.15) is 34.6 Å². The van der Waals surface area contributed by atoms with Gasteiger partial charge in [-0.15, -0.1) is 0 Å². The first kappa shape index (κ1) is 21.3. The van der Waals surface area contributed by atoms with E-state index in [2.05, 4.69) is 25.3 Å². The zero-order valence-electron chi connectivity index (χ0n) is 17.8. The van der Waals surface area contributed by atoms with Gasteiger partial charge in [0.15, 0.2) is 5.69 Å². The van der Waals surface area contributed by atoms with Gasteiger partial charge in [0.25, 0.3) is 5.91 Å². The van der Waals surface area contributed by atoms with Gasteiger partial charge in [0.2, 0.25) is 0 Å². The predicted octanol–water partition coefficient (Wildman–Crippen LogP) is 3.98. The van der Waals surface area contributed by atoms with Crippen molar-refractivity contribution in [2.24, 2.45) is 5.92 Å². The number of aryl methyl sites for hydroxylation is 1. The number of carbonyl (C=O) groups excluding carboxylic acids is 1. The van der Waals surface area contributed by atoms with Crippen LogP contribution in [0.4, 0.5) is 19.0 Å². The number of rotatable bonds is 4. The number of hydrogen-bond donors (Lipinski definition) is 1. The number of piperidine rings is 1. The van der Waals surface area contributed by atoms with E-state index in [1.165, 1.54) is 0 Å². The van der Waals surface area contributed by atoms with Crippen molar-refractivity contribution >= 4 is 11.7 Å². The molecule has 2 bridgehead atoms. The number of hydrogen-bond acceptors (Lipinski definition) is 6. The molecule has 1 amide bonds. The maximum Gasteiger partial charge on any atom is 0.434 e. The zero-order valence-corrected chi connectivity index (χ0v) is 17.8. The molecule has 1 N–H and O–H groups in total. The van der Waals surface area contributed by atoms with Crippen LogP contribution in [0.25, 0.3) is 11.4 Å². The molecule has 10 heteroatoms. The molecule has 3 unspecified atom stereocenters. The highest BCUT2D eigenvalue weighted by molar-refractivity contribution is 6.00. The first-order valence-electron chi connectivity index (χ1n) is 10.7. The molecule has 0 spiro atoms. The number of nitrogens with one attached hydrogen (secondary N) is 1. The molecule has 1 aliphatic heterocycles. The predicted molar refractivity (Wildman–Crippen MR) is 114 cm³/mol. The minimum Gasteiger partial charge on any atom is -0.364 e. The number of amides is 1. The Bertz CT molecular complexity index is 1170. The Morgan fingerprint density at radius 1 is 1.09 bits per heavy atom. The second-order valence-electron chi connectivity index (χ2n) is 8.46. The Labute approximate surface area is 188 Å². The molecule has 7 nitrogen and oxygen atoms in total. The summed E-state index contributed by atoms with van der Waals surface area (Å²) in [4.78, 5) is 31.7. The smallest absolute Gasteiger partial charge is 0.364 e. The summed E-state index contributed by atoms with van der Waals surface area (Å²) in [6.45, 7) is 2.50. The van der Waals surface area contributed by atoms with Crippen molar-refractivity contribution in [3.8, 4) is 11.4 Å². The Kier molecular flexibility index (Phi) is 5.22. The number of nitrogens with zero attached hydrogens (tertiary/aromatic N) is 5. The molecule has 4 heterocycles. The van der Waals surface area contributed by atoms with Crippen LogP contribution in [0.15, 0.2) is 48.9 Å². The summed E-state index contributed by atoms with van der Waals surface area (Å²) in [5, 5.41) is 3.18. The summed E-state index contributed by atoms with van der Waals surface area (Å²) < 4.78 is 38.3. The fraction of sp³-hybridized carbons (Fsp3) is 0.348. The Morgan fingerprint density at radius 3 is 2.61 bits per heavy atom. The van der Waals surface area contributed by atoms with Gasteiger partial charge in [-0.25, -0.2) is 9.97 Å². The Morgan fingerprint density at radius 2 is 1.94 bits per heavy atom. The first-order valence-corrected chi connectivity index (χ1v) is 10.7. The van der Waals surface area contributed by atoms with Crippen molar-refractivity contribution in [2.45, 2.75) is 38.0 Å². The second kappa shape index (κ2) is 8.09. The van der Waals surface area contributed by atoms with E-state index < -0.39 is 11.9 Å². The largest absolute Gasteiger partial charge is 0.434 e. The fourth-order valence-corrected chi connectivity index (χ4v) is 4.73. The van der Waals surface area contributed by atoms with E-state index in [9.17, 15) is 18.0 Å². The van der Waals surface area contributed by atoms with Crippen molar-refractivity contribution in [1.82, 2.24) is 24.8 Å². The molecule has 5 rings (SSSR count). The summed E-state index contributed by atoms with van der Waals surface area (Å²) in [5.74, 6) is 0.454. The van der Waals surface area contributed by atoms with Gasteiger partial charge in [-0.2, -0.15) is 13.2 Å². The highest BCUT2D eigenvalue weighted by Crippen LogP contribution is 2.40. The molecule has 2 fully saturated rings. The molecule has 3 atom stereocenters. The number of anilines is 1. The monoisotopic (exact) mass is 454 g/mol. The molecule has 1 aliphatic carbocycles. The third kappa shape index (κ3) is 4.12. The van der Waals surface area contributed by atoms with E-state index in [0.717, 1.165) is 30.9 Å². The third-order valence-electron chi connectivity index (χ3n) is 6.19. The van der Waals surface area contributed by atoms with Gasteiger partial charge >= 0.3 is 6.18 Å². The Balaban J connectivity index is 1.37. The first-order chi connectivity index (χ1) is 15.8. The minimum atomic E-state index is -4.53. The van der Waals surface area contributed by atoms with Crippen LogP contribution in [0.3, 0.4) is 0 Å². The normalized spacial score (nSPS) is 21.9. The average Bonchev–Trinajstić information content (AvgIpc) is 3.40. The van der Waals surface area contributed by atoms with Crippen LogP contribution in [-0.4, -0.2) is 49.4 Å². The van der Waals surface area contributed by atoms with Gasteiger partial charge in [-0.05, 0) is 49.9 Å². The van der Waals surface area contributed by atoms with E-state index in [1.54, 1.807) is 18.3 Å². The highest BCUT2D eigenvalue weighted by Gasteiger charge is 2.47. The lowest BCUT2D eigenvalue weighted by Gasteiger charge is -2.34.